The lowest BCUT2D eigenvalue weighted by Crippen LogP contribution is -2.24. The fraction of sp³-hybridized carbons (Fsp3) is 0.227. The Hall–Kier alpha value is -2.97. The van der Waals surface area contributed by atoms with Crippen LogP contribution >= 0.6 is 15.9 Å². The number of ether oxygens (including phenoxy) is 1. The van der Waals surface area contributed by atoms with E-state index in [-0.39, 0.29) is 5.91 Å². The Morgan fingerprint density at radius 2 is 2.03 bits per heavy atom. The predicted molar refractivity (Wildman–Crippen MR) is 122 cm³/mol. The number of rotatable bonds is 5. The van der Waals surface area contributed by atoms with Crippen LogP contribution in [-0.4, -0.2) is 36.1 Å². The molecule has 7 nitrogen and oxygen atoms in total. The summed E-state index contributed by atoms with van der Waals surface area (Å²) < 4.78 is 6.45. The van der Waals surface area contributed by atoms with Crippen molar-refractivity contribution in [3.63, 3.8) is 0 Å². The van der Waals surface area contributed by atoms with Gasteiger partial charge >= 0.3 is 0 Å². The van der Waals surface area contributed by atoms with E-state index >= 15 is 0 Å². The van der Waals surface area contributed by atoms with E-state index in [1.54, 1.807) is 19.3 Å². The van der Waals surface area contributed by atoms with Gasteiger partial charge in [0.15, 0.2) is 0 Å². The van der Waals surface area contributed by atoms with Crippen molar-refractivity contribution in [2.24, 2.45) is 0 Å². The van der Waals surface area contributed by atoms with Crippen molar-refractivity contribution in [1.29, 1.82) is 0 Å². The first kappa shape index (κ1) is 20.3. The maximum Gasteiger partial charge on any atom is 0.248 e. The lowest BCUT2D eigenvalue weighted by Gasteiger charge is -2.16. The second-order valence-electron chi connectivity index (χ2n) is 6.97. The summed E-state index contributed by atoms with van der Waals surface area (Å²) in [5.41, 5.74) is 3.33. The summed E-state index contributed by atoms with van der Waals surface area (Å²) in [7, 11) is 1.57. The monoisotopic (exact) mass is 467 g/mol. The number of carbonyl (C=O) groups is 1. The number of hydrogen-bond donors (Lipinski definition) is 3. The second kappa shape index (κ2) is 9.23. The molecule has 1 amide bonds. The first-order chi connectivity index (χ1) is 14.6. The number of methoxy groups -OCH3 is 1. The summed E-state index contributed by atoms with van der Waals surface area (Å²) >= 11 is 3.48. The minimum Gasteiger partial charge on any atom is -0.494 e. The predicted octanol–water partition coefficient (Wildman–Crippen LogP) is 4.39. The molecule has 3 N–H and O–H groups in total. The summed E-state index contributed by atoms with van der Waals surface area (Å²) in [5.74, 6) is 1.03. The minimum atomic E-state index is -0.164. The number of fused-ring (bicyclic) bond motifs is 1. The smallest absolute Gasteiger partial charge is 0.248 e. The number of aromatic nitrogens is 2. The van der Waals surface area contributed by atoms with Gasteiger partial charge in [-0.2, -0.15) is 0 Å². The van der Waals surface area contributed by atoms with Crippen LogP contribution in [0.15, 0.2) is 58.8 Å². The zero-order valence-electron chi connectivity index (χ0n) is 16.5. The zero-order chi connectivity index (χ0) is 20.9. The second-order valence-corrected chi connectivity index (χ2v) is 7.88. The van der Waals surface area contributed by atoms with Gasteiger partial charge in [0.2, 0.25) is 5.91 Å². The minimum absolute atomic E-state index is 0.164. The first-order valence-corrected chi connectivity index (χ1v) is 10.5. The van der Waals surface area contributed by atoms with Gasteiger partial charge in [-0.05, 0) is 50.2 Å². The molecule has 30 heavy (non-hydrogen) atoms. The Morgan fingerprint density at radius 1 is 1.20 bits per heavy atom. The number of nitrogens with zero attached hydrogens (tertiary/aromatic N) is 2. The van der Waals surface area contributed by atoms with Crippen molar-refractivity contribution in [3.8, 4) is 5.75 Å². The van der Waals surface area contributed by atoms with Gasteiger partial charge in [0.1, 0.15) is 17.9 Å². The maximum atomic E-state index is 12.6. The number of piperidine rings is 1. The average molecular weight is 468 g/mol. The Morgan fingerprint density at radius 3 is 2.80 bits per heavy atom. The van der Waals surface area contributed by atoms with E-state index in [4.69, 9.17) is 4.74 Å². The van der Waals surface area contributed by atoms with Crippen LogP contribution in [0.5, 0.6) is 5.75 Å². The van der Waals surface area contributed by atoms with Crippen molar-refractivity contribution >= 4 is 49.9 Å². The van der Waals surface area contributed by atoms with Gasteiger partial charge in [-0.25, -0.2) is 9.97 Å². The quantitative estimate of drug-likeness (QED) is 0.482. The van der Waals surface area contributed by atoms with Crippen LogP contribution in [0.3, 0.4) is 0 Å². The molecular weight excluding hydrogens is 446 g/mol. The molecule has 3 aromatic rings. The van der Waals surface area contributed by atoms with E-state index in [2.05, 4.69) is 41.8 Å². The topological polar surface area (TPSA) is 88.2 Å². The standard InChI is InChI=1S/C22H22BrN5O2/c1-30-20-12-18-17(11-19(20)28-21(29)9-14-5-7-24-8-6-14)22(26-13-25-18)27-16-4-2-3-15(23)10-16/h2-4,9-13,24H,5-8H2,1H3,(H,28,29)(H,25,26,27). The number of anilines is 3. The van der Waals surface area contributed by atoms with Crippen LogP contribution in [0.1, 0.15) is 12.8 Å². The fourth-order valence-corrected chi connectivity index (χ4v) is 3.80. The Balaban J connectivity index is 1.66. The van der Waals surface area contributed by atoms with E-state index in [9.17, 15) is 4.79 Å². The van der Waals surface area contributed by atoms with E-state index in [0.29, 0.717) is 22.8 Å². The lowest BCUT2D eigenvalue weighted by molar-refractivity contribution is -0.112. The molecule has 0 atom stereocenters. The van der Waals surface area contributed by atoms with Crippen molar-refractivity contribution in [3.05, 3.63) is 58.8 Å². The highest BCUT2D eigenvalue weighted by atomic mass is 79.9. The van der Waals surface area contributed by atoms with Crippen molar-refractivity contribution in [1.82, 2.24) is 15.3 Å². The highest BCUT2D eigenvalue weighted by molar-refractivity contribution is 9.10. The van der Waals surface area contributed by atoms with Crippen molar-refractivity contribution < 1.29 is 9.53 Å². The summed E-state index contributed by atoms with van der Waals surface area (Å²) in [4.78, 5) is 21.3. The molecule has 0 unspecified atom stereocenters. The van der Waals surface area contributed by atoms with Crippen LogP contribution in [0, 0.1) is 0 Å². The number of hydrogen-bond acceptors (Lipinski definition) is 6. The van der Waals surface area contributed by atoms with Gasteiger partial charge in [-0.3, -0.25) is 4.79 Å². The Bertz CT molecular complexity index is 1110. The van der Waals surface area contributed by atoms with Crippen LogP contribution < -0.4 is 20.7 Å². The largest absolute Gasteiger partial charge is 0.494 e. The van der Waals surface area contributed by atoms with E-state index in [1.165, 1.54) is 6.33 Å². The highest BCUT2D eigenvalue weighted by Crippen LogP contribution is 2.33. The molecule has 0 bridgehead atoms. The van der Waals surface area contributed by atoms with Gasteiger partial charge < -0.3 is 20.7 Å². The molecule has 1 aliphatic heterocycles. The number of amides is 1. The fourth-order valence-electron chi connectivity index (χ4n) is 3.40. The molecule has 0 saturated carbocycles. The lowest BCUT2D eigenvalue weighted by atomic mass is 10.1. The third kappa shape index (κ3) is 4.77. The van der Waals surface area contributed by atoms with E-state index < -0.39 is 0 Å². The summed E-state index contributed by atoms with van der Waals surface area (Å²) in [6.45, 7) is 1.81. The molecule has 154 valence electrons. The highest BCUT2D eigenvalue weighted by Gasteiger charge is 2.13. The summed E-state index contributed by atoms with van der Waals surface area (Å²) in [6, 6.07) is 11.5. The maximum absolute atomic E-state index is 12.6. The molecule has 0 spiro atoms. The zero-order valence-corrected chi connectivity index (χ0v) is 18.1. The van der Waals surface area contributed by atoms with Crippen LogP contribution in [0.4, 0.5) is 17.2 Å². The molecule has 8 heteroatoms. The molecule has 2 heterocycles. The van der Waals surface area contributed by atoms with E-state index in [1.807, 2.05) is 30.3 Å². The van der Waals surface area contributed by atoms with Gasteiger partial charge in [-0.15, -0.1) is 0 Å². The SMILES string of the molecule is COc1cc2ncnc(Nc3cccc(Br)c3)c2cc1NC(=O)C=C1CCNCC1. The number of carbonyl (C=O) groups excluding carboxylic acids is 1. The number of nitrogens with one attached hydrogen (secondary N) is 3. The molecule has 2 aromatic carbocycles. The van der Waals surface area contributed by atoms with Gasteiger partial charge in [-0.1, -0.05) is 27.6 Å². The molecule has 1 saturated heterocycles. The molecule has 0 radical (unpaired) electrons. The first-order valence-electron chi connectivity index (χ1n) is 9.69. The molecular formula is C22H22BrN5O2. The third-order valence-corrected chi connectivity index (χ3v) is 5.38. The third-order valence-electron chi connectivity index (χ3n) is 4.88. The number of halogens is 1. The van der Waals surface area contributed by atoms with Crippen molar-refractivity contribution in [2.75, 3.05) is 30.8 Å². The average Bonchev–Trinajstić information content (AvgIpc) is 2.74. The summed E-state index contributed by atoms with van der Waals surface area (Å²) in [5, 5.41) is 10.3. The molecule has 1 aliphatic rings. The Kier molecular flexibility index (Phi) is 6.25. The Labute approximate surface area is 183 Å². The van der Waals surface area contributed by atoms with Gasteiger partial charge in [0, 0.05) is 27.7 Å². The summed E-state index contributed by atoms with van der Waals surface area (Å²) in [6.07, 6.45) is 4.96. The van der Waals surface area contributed by atoms with Gasteiger partial charge in [0.05, 0.1) is 18.3 Å². The van der Waals surface area contributed by atoms with Crippen LogP contribution in [-0.2, 0) is 4.79 Å². The van der Waals surface area contributed by atoms with Crippen molar-refractivity contribution in [2.45, 2.75) is 12.8 Å². The van der Waals surface area contributed by atoms with Gasteiger partial charge in [0.25, 0.3) is 0 Å². The number of benzene rings is 2. The molecule has 4 rings (SSSR count). The molecule has 1 aromatic heterocycles. The van der Waals surface area contributed by atoms with E-state index in [0.717, 1.165) is 47.1 Å². The molecule has 1 fully saturated rings. The molecule has 0 aliphatic carbocycles. The van der Waals surface area contributed by atoms with Crippen LogP contribution in [0.2, 0.25) is 0 Å². The normalized spacial score (nSPS) is 13.7. The van der Waals surface area contributed by atoms with Crippen LogP contribution in [0.25, 0.3) is 10.9 Å².